The normalized spacial score (nSPS) is 11.8. The molecule has 0 fully saturated rings. The van der Waals surface area contributed by atoms with Crippen LogP contribution in [-0.4, -0.2) is 42.4 Å². The molecule has 2 aromatic carbocycles. The number of nitrogens with zero attached hydrogens (tertiary/aromatic N) is 4. The van der Waals surface area contributed by atoms with Gasteiger partial charge in [0.15, 0.2) is 5.82 Å². The summed E-state index contributed by atoms with van der Waals surface area (Å²) in [5.74, 6) is -2.19. The number of rotatable bonds is 6. The largest absolute Gasteiger partial charge is 0.467 e. The number of aliphatic hydroxyl groups is 1. The predicted octanol–water partition coefficient (Wildman–Crippen LogP) is 5.09. The van der Waals surface area contributed by atoms with Crippen LogP contribution in [0.25, 0.3) is 32.1 Å². The van der Waals surface area contributed by atoms with Crippen LogP contribution in [-0.2, 0) is 6.18 Å². The fourth-order valence-electron chi connectivity index (χ4n) is 3.98. The van der Waals surface area contributed by atoms with Crippen molar-refractivity contribution >= 4 is 43.1 Å². The van der Waals surface area contributed by atoms with E-state index >= 15 is 4.39 Å². The third-order valence-electron chi connectivity index (χ3n) is 5.59. The molecule has 0 spiro atoms. The number of anilines is 2. The van der Waals surface area contributed by atoms with Gasteiger partial charge in [0.1, 0.15) is 28.2 Å². The van der Waals surface area contributed by atoms with Gasteiger partial charge >= 0.3 is 12.2 Å². The van der Waals surface area contributed by atoms with Crippen LogP contribution in [0.5, 0.6) is 6.01 Å². The number of alkyl halides is 3. The Morgan fingerprint density at radius 1 is 1.25 bits per heavy atom. The number of methoxy groups -OCH3 is 1. The Labute approximate surface area is 205 Å². The van der Waals surface area contributed by atoms with Gasteiger partial charge in [-0.25, -0.2) is 8.78 Å². The van der Waals surface area contributed by atoms with Crippen molar-refractivity contribution in [3.8, 4) is 23.2 Å². The number of benzene rings is 2. The van der Waals surface area contributed by atoms with E-state index in [1.54, 1.807) is 6.07 Å². The van der Waals surface area contributed by atoms with Gasteiger partial charge in [-0.15, -0.1) is 11.3 Å². The summed E-state index contributed by atoms with van der Waals surface area (Å²) in [6, 6.07) is 4.08. The highest BCUT2D eigenvalue weighted by molar-refractivity contribution is 7.23. The first-order valence-corrected chi connectivity index (χ1v) is 11.2. The van der Waals surface area contributed by atoms with Crippen LogP contribution in [0.4, 0.5) is 32.8 Å². The van der Waals surface area contributed by atoms with E-state index in [1.165, 1.54) is 19.1 Å². The van der Waals surface area contributed by atoms with Crippen molar-refractivity contribution in [3.05, 3.63) is 41.0 Å². The molecule has 188 valence electrons. The second-order valence-electron chi connectivity index (χ2n) is 7.79. The molecule has 0 amide bonds. The summed E-state index contributed by atoms with van der Waals surface area (Å²) >= 11 is 0.686. The van der Waals surface area contributed by atoms with E-state index in [4.69, 9.17) is 15.6 Å². The average molecular weight is 523 g/mol. The van der Waals surface area contributed by atoms with Crippen molar-refractivity contribution in [3.63, 3.8) is 0 Å². The fourth-order valence-corrected chi connectivity index (χ4v) is 4.93. The van der Waals surface area contributed by atoms with Crippen LogP contribution in [0.15, 0.2) is 18.2 Å². The Balaban J connectivity index is 2.17. The maximum Gasteiger partial charge on any atom is 0.417 e. The summed E-state index contributed by atoms with van der Waals surface area (Å²) in [6.45, 7) is 0.0249. The first-order valence-electron chi connectivity index (χ1n) is 10.4. The summed E-state index contributed by atoms with van der Waals surface area (Å²) in [5.41, 5.74) is 2.49. The Morgan fingerprint density at radius 2 is 1.97 bits per heavy atom. The first kappa shape index (κ1) is 25.3. The molecule has 7 nitrogen and oxygen atoms in total. The highest BCUT2D eigenvalue weighted by Gasteiger charge is 2.38. The zero-order valence-electron chi connectivity index (χ0n) is 18.9. The maximum absolute atomic E-state index is 16.1. The average Bonchev–Trinajstić information content (AvgIpc) is 3.18. The van der Waals surface area contributed by atoms with E-state index in [1.807, 2.05) is 0 Å². The molecule has 0 radical (unpaired) electrons. The molecule has 13 heteroatoms. The number of fused-ring (bicyclic) bond motifs is 2. The quantitative estimate of drug-likeness (QED) is 0.339. The molecule has 0 aliphatic heterocycles. The van der Waals surface area contributed by atoms with Crippen LogP contribution >= 0.6 is 11.3 Å². The van der Waals surface area contributed by atoms with Crippen molar-refractivity contribution in [2.24, 2.45) is 0 Å². The van der Waals surface area contributed by atoms with Crippen LogP contribution in [0.1, 0.15) is 17.5 Å². The van der Waals surface area contributed by atoms with Crippen molar-refractivity contribution in [1.82, 2.24) is 9.97 Å². The highest BCUT2D eigenvalue weighted by Crippen LogP contribution is 2.47. The number of hydrogen-bond acceptors (Lipinski definition) is 8. The number of aliphatic hydroxyl groups excluding tert-OH is 1. The maximum atomic E-state index is 16.1. The van der Waals surface area contributed by atoms with Crippen LogP contribution in [0.3, 0.4) is 0 Å². The van der Waals surface area contributed by atoms with Gasteiger partial charge in [0, 0.05) is 36.5 Å². The highest BCUT2D eigenvalue weighted by atomic mass is 32.1. The Hall–Kier alpha value is -3.76. The number of ether oxygens (including phenoxy) is 1. The zero-order valence-corrected chi connectivity index (χ0v) is 19.7. The van der Waals surface area contributed by atoms with Crippen molar-refractivity contribution in [2.75, 3.05) is 37.9 Å². The third-order valence-corrected chi connectivity index (χ3v) is 6.62. The van der Waals surface area contributed by atoms with Crippen molar-refractivity contribution in [1.29, 1.82) is 5.26 Å². The Bertz CT molecular complexity index is 1530. The van der Waals surface area contributed by atoms with E-state index < -0.39 is 34.5 Å². The number of nitriles is 1. The second-order valence-corrected chi connectivity index (χ2v) is 8.84. The lowest BCUT2D eigenvalue weighted by molar-refractivity contribution is -0.137. The van der Waals surface area contributed by atoms with E-state index in [0.29, 0.717) is 11.3 Å². The first-order chi connectivity index (χ1) is 17.0. The smallest absolute Gasteiger partial charge is 0.417 e. The van der Waals surface area contributed by atoms with Crippen LogP contribution in [0.2, 0.25) is 0 Å². The summed E-state index contributed by atoms with van der Waals surface area (Å²) in [5, 5.41) is 18.1. The number of nitrogen functional groups attached to an aromatic ring is 1. The molecule has 0 aliphatic rings. The number of nitrogens with two attached hydrogens (primary N) is 1. The Morgan fingerprint density at radius 3 is 2.58 bits per heavy atom. The minimum atomic E-state index is -5.04. The fraction of sp³-hybridized carbons (Fsp3) is 0.261. The lowest BCUT2D eigenvalue weighted by Crippen LogP contribution is -2.22. The minimum absolute atomic E-state index is 0.0389. The number of hydrogen-bond donors (Lipinski definition) is 2. The lowest BCUT2D eigenvalue weighted by atomic mass is 9.92. The molecular formula is C23H18F5N5O2S. The summed E-state index contributed by atoms with van der Waals surface area (Å²) in [6.07, 6.45) is -4.76. The predicted molar refractivity (Wildman–Crippen MR) is 126 cm³/mol. The molecule has 4 rings (SSSR count). The molecular weight excluding hydrogens is 505 g/mol. The summed E-state index contributed by atoms with van der Waals surface area (Å²) in [4.78, 5) is 9.51. The van der Waals surface area contributed by atoms with E-state index in [0.717, 1.165) is 18.2 Å². The van der Waals surface area contributed by atoms with Gasteiger partial charge in [-0.3, -0.25) is 0 Å². The number of thiophene rings is 1. The van der Waals surface area contributed by atoms with Gasteiger partial charge in [-0.1, -0.05) is 6.07 Å². The lowest BCUT2D eigenvalue weighted by Gasteiger charge is -2.22. The standard InChI is InChI=1S/C23H18F5N5O2S/c1-33(6-3-7-34)21-11-8-13(23(26,27)28)16(17(25)18(11)31-22(32-21)35-2)10-4-5-14(24)19-15(10)12(9-29)20(30)36-19/h4-5,8,34H,3,6-7,30H2,1-2H3. The van der Waals surface area contributed by atoms with Crippen LogP contribution in [0, 0.1) is 23.0 Å². The van der Waals surface area contributed by atoms with E-state index in [9.17, 15) is 22.8 Å². The van der Waals surface area contributed by atoms with Gasteiger partial charge in [-0.2, -0.15) is 28.4 Å². The molecule has 0 aliphatic carbocycles. The zero-order chi connectivity index (χ0) is 26.4. The molecule has 2 heterocycles. The molecule has 0 saturated carbocycles. The number of aromatic nitrogens is 2. The molecule has 4 aromatic rings. The SMILES string of the molecule is COc1nc(N(C)CCCO)c2cc(C(F)(F)F)c(-c3ccc(F)c4sc(N)c(C#N)c34)c(F)c2n1. The van der Waals surface area contributed by atoms with Gasteiger partial charge in [0.2, 0.25) is 0 Å². The molecule has 0 atom stereocenters. The topological polar surface area (TPSA) is 108 Å². The van der Waals surface area contributed by atoms with E-state index in [2.05, 4.69) is 9.97 Å². The molecule has 3 N–H and O–H groups in total. The van der Waals surface area contributed by atoms with Gasteiger partial charge < -0.3 is 20.5 Å². The van der Waals surface area contributed by atoms with Gasteiger partial charge in [0.25, 0.3) is 0 Å². The summed E-state index contributed by atoms with van der Waals surface area (Å²) < 4.78 is 78.6. The molecule has 0 unspecified atom stereocenters. The number of halogens is 5. The third kappa shape index (κ3) is 4.12. The van der Waals surface area contributed by atoms with E-state index in [-0.39, 0.29) is 63.0 Å². The van der Waals surface area contributed by atoms with Gasteiger partial charge in [0.05, 0.1) is 22.9 Å². The monoisotopic (exact) mass is 523 g/mol. The minimum Gasteiger partial charge on any atom is -0.467 e. The Kier molecular flexibility index (Phi) is 6.59. The second kappa shape index (κ2) is 9.36. The van der Waals surface area contributed by atoms with Crippen molar-refractivity contribution in [2.45, 2.75) is 12.6 Å². The van der Waals surface area contributed by atoms with Crippen molar-refractivity contribution < 1.29 is 31.8 Å². The van der Waals surface area contributed by atoms with Crippen LogP contribution < -0.4 is 15.4 Å². The molecule has 0 bridgehead atoms. The molecule has 36 heavy (non-hydrogen) atoms. The molecule has 2 aromatic heterocycles. The summed E-state index contributed by atoms with van der Waals surface area (Å²) in [7, 11) is 2.74. The molecule has 0 saturated heterocycles. The van der Waals surface area contributed by atoms with Gasteiger partial charge in [-0.05, 0) is 24.1 Å².